The van der Waals surface area contributed by atoms with Crippen LogP contribution in [0.2, 0.25) is 0 Å². The molecule has 1 aromatic carbocycles. The van der Waals surface area contributed by atoms with E-state index in [2.05, 4.69) is 5.32 Å². The van der Waals surface area contributed by atoms with Gasteiger partial charge in [0.2, 0.25) is 0 Å². The third-order valence-corrected chi connectivity index (χ3v) is 3.08. The van der Waals surface area contributed by atoms with Gasteiger partial charge in [-0.3, -0.25) is 0 Å². The second-order valence-electron chi connectivity index (χ2n) is 4.23. The van der Waals surface area contributed by atoms with Crippen LogP contribution in [0.1, 0.15) is 18.4 Å². The Balaban J connectivity index is 2.11. The summed E-state index contributed by atoms with van der Waals surface area (Å²) >= 11 is 0. The third-order valence-electron chi connectivity index (χ3n) is 3.08. The van der Waals surface area contributed by atoms with Crippen LogP contribution in [-0.4, -0.2) is 13.1 Å². The van der Waals surface area contributed by atoms with Crippen LogP contribution < -0.4 is 5.32 Å². The van der Waals surface area contributed by atoms with Crippen molar-refractivity contribution in [3.8, 4) is 0 Å². The van der Waals surface area contributed by atoms with Crippen LogP contribution >= 0.6 is 0 Å². The molecule has 16 heavy (non-hydrogen) atoms. The highest BCUT2D eigenvalue weighted by molar-refractivity contribution is 5.20. The van der Waals surface area contributed by atoms with Gasteiger partial charge in [0, 0.05) is 0 Å². The molecule has 0 aliphatic carbocycles. The van der Waals surface area contributed by atoms with Crippen LogP contribution in [0.4, 0.5) is 13.2 Å². The molecule has 1 saturated heterocycles. The van der Waals surface area contributed by atoms with Crippen molar-refractivity contribution in [3.05, 3.63) is 35.1 Å². The molecule has 2 rings (SSSR count). The summed E-state index contributed by atoms with van der Waals surface area (Å²) in [4.78, 5) is 0. The van der Waals surface area contributed by atoms with E-state index in [9.17, 15) is 13.2 Å². The molecule has 0 unspecified atom stereocenters. The predicted octanol–water partition coefficient (Wildman–Crippen LogP) is 2.65. The summed E-state index contributed by atoms with van der Waals surface area (Å²) in [5.74, 6) is -3.14. The van der Waals surface area contributed by atoms with Crippen LogP contribution in [0.15, 0.2) is 12.1 Å². The topological polar surface area (TPSA) is 12.0 Å². The van der Waals surface area contributed by atoms with Crippen LogP contribution in [0.3, 0.4) is 0 Å². The van der Waals surface area contributed by atoms with Gasteiger partial charge in [-0.05, 0) is 49.9 Å². The summed E-state index contributed by atoms with van der Waals surface area (Å²) < 4.78 is 39.1. The van der Waals surface area contributed by atoms with Gasteiger partial charge in [0.15, 0.2) is 17.5 Å². The molecule has 0 radical (unpaired) electrons. The Hall–Kier alpha value is -1.03. The fourth-order valence-corrected chi connectivity index (χ4v) is 2.12. The Kier molecular flexibility index (Phi) is 3.49. The molecular weight excluding hydrogens is 215 g/mol. The first-order chi connectivity index (χ1) is 7.68. The van der Waals surface area contributed by atoms with Crippen molar-refractivity contribution < 1.29 is 13.2 Å². The van der Waals surface area contributed by atoms with Gasteiger partial charge in [0.25, 0.3) is 0 Å². The van der Waals surface area contributed by atoms with Gasteiger partial charge in [-0.15, -0.1) is 0 Å². The zero-order chi connectivity index (χ0) is 11.5. The quantitative estimate of drug-likeness (QED) is 0.769. The van der Waals surface area contributed by atoms with E-state index in [-0.39, 0.29) is 5.56 Å². The molecular formula is C12H14F3N. The summed E-state index contributed by atoms with van der Waals surface area (Å²) in [5.41, 5.74) is 0.283. The monoisotopic (exact) mass is 229 g/mol. The molecule has 0 aromatic heterocycles. The molecule has 0 amide bonds. The van der Waals surface area contributed by atoms with Gasteiger partial charge in [0.1, 0.15) is 0 Å². The van der Waals surface area contributed by atoms with E-state index in [1.54, 1.807) is 0 Å². The van der Waals surface area contributed by atoms with E-state index >= 15 is 0 Å². The molecule has 0 spiro atoms. The van der Waals surface area contributed by atoms with Crippen LogP contribution in [0, 0.1) is 23.4 Å². The highest BCUT2D eigenvalue weighted by atomic mass is 19.2. The maximum absolute atomic E-state index is 13.4. The molecule has 4 heteroatoms. The SMILES string of the molecule is Fc1ccc(CC2CCNCC2)c(F)c1F. The normalized spacial score (nSPS) is 17.7. The lowest BCUT2D eigenvalue weighted by Gasteiger charge is -2.22. The highest BCUT2D eigenvalue weighted by Gasteiger charge is 2.18. The molecule has 1 fully saturated rings. The highest BCUT2D eigenvalue weighted by Crippen LogP contribution is 2.22. The number of nitrogens with one attached hydrogen (secondary N) is 1. The first-order valence-electron chi connectivity index (χ1n) is 5.51. The number of piperidine rings is 1. The molecule has 0 atom stereocenters. The van der Waals surface area contributed by atoms with Gasteiger partial charge < -0.3 is 5.32 Å². The maximum atomic E-state index is 13.4. The number of hydrogen-bond donors (Lipinski definition) is 1. The van der Waals surface area contributed by atoms with Crippen molar-refractivity contribution in [2.75, 3.05) is 13.1 Å². The van der Waals surface area contributed by atoms with Gasteiger partial charge in [-0.2, -0.15) is 0 Å². The molecule has 1 nitrogen and oxygen atoms in total. The summed E-state index contributed by atoms with van der Waals surface area (Å²) in [6.07, 6.45) is 2.40. The summed E-state index contributed by atoms with van der Waals surface area (Å²) in [5, 5.41) is 3.21. The Morgan fingerprint density at radius 1 is 1.06 bits per heavy atom. The Labute approximate surface area is 92.7 Å². The minimum Gasteiger partial charge on any atom is -0.317 e. The van der Waals surface area contributed by atoms with Crippen LogP contribution in [-0.2, 0) is 6.42 Å². The third kappa shape index (κ3) is 2.38. The fraction of sp³-hybridized carbons (Fsp3) is 0.500. The standard InChI is InChI=1S/C12H14F3N/c13-10-2-1-9(11(14)12(10)15)7-8-3-5-16-6-4-8/h1-2,8,16H,3-7H2. The lowest BCUT2D eigenvalue weighted by Crippen LogP contribution is -2.28. The summed E-state index contributed by atoms with van der Waals surface area (Å²) in [6, 6.07) is 2.34. The van der Waals surface area contributed by atoms with E-state index in [1.165, 1.54) is 6.07 Å². The first-order valence-corrected chi connectivity index (χ1v) is 5.51. The average Bonchev–Trinajstić information content (AvgIpc) is 2.31. The Bertz CT molecular complexity index is 373. The second kappa shape index (κ2) is 4.87. The molecule has 1 N–H and O–H groups in total. The maximum Gasteiger partial charge on any atom is 0.194 e. The van der Waals surface area contributed by atoms with Gasteiger partial charge in [-0.25, -0.2) is 13.2 Å². The lowest BCUT2D eigenvalue weighted by atomic mass is 9.91. The number of benzene rings is 1. The van der Waals surface area contributed by atoms with Crippen molar-refractivity contribution in [2.45, 2.75) is 19.3 Å². The lowest BCUT2D eigenvalue weighted by molar-refractivity contribution is 0.363. The van der Waals surface area contributed by atoms with Crippen molar-refractivity contribution in [1.82, 2.24) is 5.32 Å². The molecule has 1 heterocycles. The molecule has 0 saturated carbocycles. The minimum absolute atomic E-state index is 0.283. The van der Waals surface area contributed by atoms with Gasteiger partial charge in [0.05, 0.1) is 0 Å². The van der Waals surface area contributed by atoms with E-state index in [1.807, 2.05) is 0 Å². The summed E-state index contributed by atoms with van der Waals surface area (Å²) in [7, 11) is 0. The summed E-state index contributed by atoms with van der Waals surface area (Å²) in [6.45, 7) is 1.83. The largest absolute Gasteiger partial charge is 0.317 e. The van der Waals surface area contributed by atoms with Crippen molar-refractivity contribution in [1.29, 1.82) is 0 Å². The molecule has 0 bridgehead atoms. The number of halogens is 3. The smallest absolute Gasteiger partial charge is 0.194 e. The van der Waals surface area contributed by atoms with Crippen molar-refractivity contribution in [3.63, 3.8) is 0 Å². The molecule has 1 aromatic rings. The Morgan fingerprint density at radius 2 is 1.75 bits per heavy atom. The first kappa shape index (κ1) is 11.5. The molecule has 1 aliphatic rings. The van der Waals surface area contributed by atoms with Crippen molar-refractivity contribution in [2.24, 2.45) is 5.92 Å². The Morgan fingerprint density at radius 3 is 2.44 bits per heavy atom. The number of rotatable bonds is 2. The van der Waals surface area contributed by atoms with E-state index in [0.29, 0.717) is 12.3 Å². The van der Waals surface area contributed by atoms with Crippen LogP contribution in [0.25, 0.3) is 0 Å². The van der Waals surface area contributed by atoms with Gasteiger partial charge in [-0.1, -0.05) is 6.07 Å². The zero-order valence-electron chi connectivity index (χ0n) is 8.90. The van der Waals surface area contributed by atoms with Crippen LogP contribution in [0.5, 0.6) is 0 Å². The van der Waals surface area contributed by atoms with Gasteiger partial charge >= 0.3 is 0 Å². The average molecular weight is 229 g/mol. The van der Waals surface area contributed by atoms with E-state index in [0.717, 1.165) is 32.0 Å². The number of hydrogen-bond acceptors (Lipinski definition) is 1. The van der Waals surface area contributed by atoms with E-state index < -0.39 is 17.5 Å². The predicted molar refractivity (Wildman–Crippen MR) is 55.6 cm³/mol. The van der Waals surface area contributed by atoms with Crippen molar-refractivity contribution >= 4 is 0 Å². The zero-order valence-corrected chi connectivity index (χ0v) is 8.90. The minimum atomic E-state index is -1.36. The molecule has 1 aliphatic heterocycles. The van der Waals surface area contributed by atoms with E-state index in [4.69, 9.17) is 0 Å². The fourth-order valence-electron chi connectivity index (χ4n) is 2.12. The second-order valence-corrected chi connectivity index (χ2v) is 4.23. The molecule has 88 valence electrons.